The average Bonchev–Trinajstić information content (AvgIpc) is 3.07. The summed E-state index contributed by atoms with van der Waals surface area (Å²) in [7, 11) is 0. The van der Waals surface area contributed by atoms with Gasteiger partial charge in [0, 0.05) is 6.04 Å². The first kappa shape index (κ1) is 20.1. The minimum Gasteiger partial charge on any atom is -0.379 e. The first-order valence-electron chi connectivity index (χ1n) is 7.29. The van der Waals surface area contributed by atoms with E-state index in [1.165, 1.54) is 0 Å². The van der Waals surface area contributed by atoms with E-state index in [-0.39, 0.29) is 18.4 Å². The van der Waals surface area contributed by atoms with E-state index in [2.05, 4.69) is 5.32 Å². The summed E-state index contributed by atoms with van der Waals surface area (Å²) in [6.07, 6.45) is 1.84. The van der Waals surface area contributed by atoms with E-state index in [1.807, 2.05) is 0 Å². The zero-order chi connectivity index (χ0) is 16.6. The molecular weight excluding hydrogens is 411 g/mol. The first-order chi connectivity index (χ1) is 10.9. The van der Waals surface area contributed by atoms with Gasteiger partial charge in [0.2, 0.25) is 0 Å². The van der Waals surface area contributed by atoms with Crippen LogP contribution in [0.1, 0.15) is 24.0 Å². The summed E-state index contributed by atoms with van der Waals surface area (Å²) in [6.45, 7) is 0.857. The lowest BCUT2D eigenvalue weighted by Crippen LogP contribution is -2.46. The van der Waals surface area contributed by atoms with Crippen molar-refractivity contribution in [2.75, 3.05) is 6.54 Å². The highest BCUT2D eigenvalue weighted by molar-refractivity contribution is 6.42. The number of hydrogen-bond donors (Lipinski definition) is 2. The molecule has 0 saturated carbocycles. The van der Waals surface area contributed by atoms with Crippen molar-refractivity contribution in [2.24, 2.45) is 0 Å². The van der Waals surface area contributed by atoms with E-state index in [0.717, 1.165) is 19.4 Å². The highest BCUT2D eigenvalue weighted by atomic mass is 35.5. The van der Waals surface area contributed by atoms with Gasteiger partial charge in [0.15, 0.2) is 0 Å². The van der Waals surface area contributed by atoms with Crippen LogP contribution in [0.5, 0.6) is 0 Å². The minimum atomic E-state index is -1.26. The summed E-state index contributed by atoms with van der Waals surface area (Å²) in [6, 6.07) is 10.2. The van der Waals surface area contributed by atoms with Crippen LogP contribution in [-0.4, -0.2) is 17.7 Å². The van der Waals surface area contributed by atoms with E-state index < -0.39 is 5.60 Å². The summed E-state index contributed by atoms with van der Waals surface area (Å²) in [5.74, 6) is 0. The molecule has 2 N–H and O–H groups in total. The molecule has 0 bridgehead atoms. The van der Waals surface area contributed by atoms with Crippen LogP contribution in [0.15, 0.2) is 36.4 Å². The van der Waals surface area contributed by atoms with E-state index >= 15 is 0 Å². The monoisotopic (exact) mass is 425 g/mol. The first-order valence-corrected chi connectivity index (χ1v) is 8.81. The SMILES string of the molecule is Cl.OC(c1ccc(Cl)c(Cl)c1)(c1ccc(Cl)c(Cl)c1)[C@H]1CCCN1. The van der Waals surface area contributed by atoms with Gasteiger partial charge in [-0.3, -0.25) is 0 Å². The highest BCUT2D eigenvalue weighted by Crippen LogP contribution is 2.40. The number of halogens is 5. The molecule has 0 aliphatic carbocycles. The van der Waals surface area contributed by atoms with Crippen molar-refractivity contribution in [3.8, 4) is 0 Å². The molecule has 0 radical (unpaired) electrons. The maximum atomic E-state index is 11.6. The summed E-state index contributed by atoms with van der Waals surface area (Å²) < 4.78 is 0. The van der Waals surface area contributed by atoms with Crippen LogP contribution in [-0.2, 0) is 5.60 Å². The molecule has 24 heavy (non-hydrogen) atoms. The molecule has 1 fully saturated rings. The molecule has 2 aromatic rings. The maximum Gasteiger partial charge on any atom is 0.130 e. The molecule has 2 nitrogen and oxygen atoms in total. The largest absolute Gasteiger partial charge is 0.379 e. The Morgan fingerprint density at radius 1 is 0.875 bits per heavy atom. The van der Waals surface area contributed by atoms with Gasteiger partial charge in [0.1, 0.15) is 5.60 Å². The van der Waals surface area contributed by atoms with Gasteiger partial charge < -0.3 is 10.4 Å². The lowest BCUT2D eigenvalue weighted by atomic mass is 9.79. The van der Waals surface area contributed by atoms with Crippen molar-refractivity contribution >= 4 is 58.8 Å². The molecule has 7 heteroatoms. The van der Waals surface area contributed by atoms with Crippen LogP contribution in [0.2, 0.25) is 20.1 Å². The molecule has 1 heterocycles. The van der Waals surface area contributed by atoms with Crippen LogP contribution < -0.4 is 5.32 Å². The third-order valence-corrected chi connectivity index (χ3v) is 5.76. The molecular formula is C17H16Cl5NO. The predicted octanol–water partition coefficient (Wildman–Crippen LogP) is 5.71. The van der Waals surface area contributed by atoms with Crippen LogP contribution in [0.25, 0.3) is 0 Å². The van der Waals surface area contributed by atoms with Crippen molar-refractivity contribution < 1.29 is 5.11 Å². The van der Waals surface area contributed by atoms with Gasteiger partial charge in [0.25, 0.3) is 0 Å². The van der Waals surface area contributed by atoms with E-state index in [1.54, 1.807) is 36.4 Å². The van der Waals surface area contributed by atoms with Crippen LogP contribution in [0.4, 0.5) is 0 Å². The third-order valence-electron chi connectivity index (χ3n) is 4.28. The maximum absolute atomic E-state index is 11.6. The van der Waals surface area contributed by atoms with Gasteiger partial charge >= 0.3 is 0 Å². The second kappa shape index (κ2) is 8.01. The summed E-state index contributed by atoms with van der Waals surface area (Å²) in [4.78, 5) is 0. The van der Waals surface area contributed by atoms with Gasteiger partial charge in [-0.1, -0.05) is 58.5 Å². The van der Waals surface area contributed by atoms with Gasteiger partial charge in [-0.25, -0.2) is 0 Å². The highest BCUT2D eigenvalue weighted by Gasteiger charge is 2.42. The van der Waals surface area contributed by atoms with Gasteiger partial charge in [0.05, 0.1) is 20.1 Å². The summed E-state index contributed by atoms with van der Waals surface area (Å²) in [5.41, 5.74) is 0.0771. The number of aliphatic hydroxyl groups is 1. The minimum absolute atomic E-state index is 0. The number of rotatable bonds is 3. The Morgan fingerprint density at radius 2 is 1.38 bits per heavy atom. The average molecular weight is 428 g/mol. The second-order valence-corrected chi connectivity index (χ2v) is 7.30. The van der Waals surface area contributed by atoms with Crippen molar-refractivity contribution in [3.63, 3.8) is 0 Å². The number of benzene rings is 2. The molecule has 2 aromatic carbocycles. The lowest BCUT2D eigenvalue weighted by Gasteiger charge is -2.35. The molecule has 1 saturated heterocycles. The van der Waals surface area contributed by atoms with Gasteiger partial charge in [-0.05, 0) is 54.8 Å². The number of nitrogens with one attached hydrogen (secondary N) is 1. The summed E-state index contributed by atoms with van der Waals surface area (Å²) in [5, 5.41) is 16.7. The second-order valence-electron chi connectivity index (χ2n) is 5.67. The molecule has 0 aromatic heterocycles. The molecule has 130 valence electrons. The normalized spacial score (nSPS) is 17.6. The van der Waals surface area contributed by atoms with Crippen molar-refractivity contribution in [2.45, 2.75) is 24.5 Å². The van der Waals surface area contributed by atoms with E-state index in [0.29, 0.717) is 31.2 Å². The smallest absolute Gasteiger partial charge is 0.130 e. The van der Waals surface area contributed by atoms with E-state index in [4.69, 9.17) is 46.4 Å². The summed E-state index contributed by atoms with van der Waals surface area (Å²) >= 11 is 24.3. The molecule has 0 amide bonds. The molecule has 0 spiro atoms. The Hall–Kier alpha value is -0.190. The third kappa shape index (κ3) is 3.66. The van der Waals surface area contributed by atoms with E-state index in [9.17, 15) is 5.11 Å². The zero-order valence-electron chi connectivity index (χ0n) is 12.5. The Labute approximate surface area is 167 Å². The Morgan fingerprint density at radius 3 is 1.75 bits per heavy atom. The molecule has 1 aliphatic heterocycles. The van der Waals surface area contributed by atoms with Crippen LogP contribution >= 0.6 is 58.8 Å². The van der Waals surface area contributed by atoms with Gasteiger partial charge in [-0.15, -0.1) is 12.4 Å². The standard InChI is InChI=1S/C17H15Cl4NO.ClH/c18-12-5-3-10(8-14(12)20)17(23,16-2-1-7-22-16)11-4-6-13(19)15(21)9-11;/h3-6,8-9,16,22-23H,1-2,7H2;1H/t16-;/m1./s1. The fourth-order valence-electron chi connectivity index (χ4n) is 3.08. The van der Waals surface area contributed by atoms with Crippen molar-refractivity contribution in [1.29, 1.82) is 0 Å². The zero-order valence-corrected chi connectivity index (χ0v) is 16.4. The molecule has 0 unspecified atom stereocenters. The molecule has 1 atom stereocenters. The Kier molecular flexibility index (Phi) is 6.72. The predicted molar refractivity (Wildman–Crippen MR) is 104 cm³/mol. The molecule has 1 aliphatic rings. The fourth-order valence-corrected chi connectivity index (χ4v) is 3.67. The van der Waals surface area contributed by atoms with Crippen LogP contribution in [0, 0.1) is 0 Å². The van der Waals surface area contributed by atoms with Gasteiger partial charge in [-0.2, -0.15) is 0 Å². The molecule has 3 rings (SSSR count). The topological polar surface area (TPSA) is 32.3 Å². The lowest BCUT2D eigenvalue weighted by molar-refractivity contribution is 0.0443. The van der Waals surface area contributed by atoms with Crippen LogP contribution in [0.3, 0.4) is 0 Å². The Bertz CT molecular complexity index is 679. The van der Waals surface area contributed by atoms with Crippen molar-refractivity contribution in [1.82, 2.24) is 5.32 Å². The Balaban J connectivity index is 0.00000208. The number of hydrogen-bond acceptors (Lipinski definition) is 2. The fraction of sp³-hybridized carbons (Fsp3) is 0.294. The van der Waals surface area contributed by atoms with Crippen molar-refractivity contribution in [3.05, 3.63) is 67.6 Å². The quantitative estimate of drug-likeness (QED) is 0.658.